The van der Waals surface area contributed by atoms with E-state index < -0.39 is 0 Å². The van der Waals surface area contributed by atoms with Crippen molar-refractivity contribution in [3.05, 3.63) is 65.5 Å². The summed E-state index contributed by atoms with van der Waals surface area (Å²) in [6.07, 6.45) is 8.74. The number of pyridine rings is 1. The maximum absolute atomic E-state index is 12.4. The lowest BCUT2D eigenvalue weighted by Gasteiger charge is -2.32. The Balaban J connectivity index is 1.57. The fraction of sp³-hybridized carbons (Fsp3) is 0.263. The summed E-state index contributed by atoms with van der Waals surface area (Å²) >= 11 is 5.86. The van der Waals surface area contributed by atoms with Gasteiger partial charge in [0.1, 0.15) is 11.9 Å². The van der Waals surface area contributed by atoms with Crippen LogP contribution in [-0.4, -0.2) is 35.0 Å². The van der Waals surface area contributed by atoms with E-state index in [1.807, 2.05) is 47.4 Å². The maximum atomic E-state index is 12.4. The number of carbonyl (C=O) groups is 1. The van der Waals surface area contributed by atoms with Gasteiger partial charge < -0.3 is 9.64 Å². The molecular formula is C19H19ClN2O2. The molecule has 24 heavy (non-hydrogen) atoms. The number of piperidine rings is 1. The molecule has 1 fully saturated rings. The van der Waals surface area contributed by atoms with Crippen molar-refractivity contribution in [3.63, 3.8) is 0 Å². The Morgan fingerprint density at radius 1 is 1.21 bits per heavy atom. The van der Waals surface area contributed by atoms with Gasteiger partial charge in [-0.25, -0.2) is 0 Å². The van der Waals surface area contributed by atoms with E-state index in [9.17, 15) is 4.79 Å². The summed E-state index contributed by atoms with van der Waals surface area (Å²) in [6.45, 7) is 1.37. The van der Waals surface area contributed by atoms with Crippen LogP contribution in [0.4, 0.5) is 0 Å². The van der Waals surface area contributed by atoms with Crippen LogP contribution in [0.5, 0.6) is 5.75 Å². The predicted octanol–water partition coefficient (Wildman–Crippen LogP) is 3.82. The van der Waals surface area contributed by atoms with E-state index >= 15 is 0 Å². The van der Waals surface area contributed by atoms with Crippen LogP contribution in [0, 0.1) is 0 Å². The number of amides is 1. The van der Waals surface area contributed by atoms with Crippen LogP contribution in [-0.2, 0) is 4.79 Å². The second-order valence-corrected chi connectivity index (χ2v) is 6.17. The van der Waals surface area contributed by atoms with Crippen molar-refractivity contribution < 1.29 is 9.53 Å². The molecule has 0 aliphatic carbocycles. The highest BCUT2D eigenvalue weighted by molar-refractivity contribution is 6.30. The molecule has 1 aliphatic rings. The van der Waals surface area contributed by atoms with E-state index in [-0.39, 0.29) is 12.0 Å². The number of likely N-dealkylation sites (tertiary alicyclic amines) is 1. The van der Waals surface area contributed by atoms with Crippen molar-refractivity contribution >= 4 is 23.6 Å². The number of aromatic nitrogens is 1. The topological polar surface area (TPSA) is 42.4 Å². The molecule has 1 aromatic carbocycles. The molecule has 1 aromatic heterocycles. The molecule has 1 atom stereocenters. The number of benzene rings is 1. The number of hydrogen-bond acceptors (Lipinski definition) is 3. The Morgan fingerprint density at radius 3 is 2.71 bits per heavy atom. The first-order chi connectivity index (χ1) is 11.7. The lowest BCUT2D eigenvalue weighted by molar-refractivity contribution is -0.128. The molecular weight excluding hydrogens is 324 g/mol. The highest BCUT2D eigenvalue weighted by Gasteiger charge is 2.23. The average molecular weight is 343 g/mol. The van der Waals surface area contributed by atoms with E-state index in [2.05, 4.69) is 4.98 Å². The van der Waals surface area contributed by atoms with E-state index in [1.54, 1.807) is 18.5 Å². The molecule has 4 nitrogen and oxygen atoms in total. The molecule has 0 saturated carbocycles. The summed E-state index contributed by atoms with van der Waals surface area (Å²) in [5.74, 6) is 0.800. The summed E-state index contributed by atoms with van der Waals surface area (Å²) < 4.78 is 5.94. The lowest BCUT2D eigenvalue weighted by Crippen LogP contribution is -2.43. The fourth-order valence-electron chi connectivity index (χ4n) is 2.69. The molecule has 0 unspecified atom stereocenters. The SMILES string of the molecule is O=C(/C=C/c1ccc(Cl)cc1)N1CCC[C@H](Oc2ccncc2)C1. The average Bonchev–Trinajstić information content (AvgIpc) is 2.62. The molecule has 0 N–H and O–H groups in total. The molecule has 124 valence electrons. The predicted molar refractivity (Wildman–Crippen MR) is 95.0 cm³/mol. The quantitative estimate of drug-likeness (QED) is 0.793. The zero-order valence-electron chi connectivity index (χ0n) is 13.3. The first-order valence-electron chi connectivity index (χ1n) is 8.00. The van der Waals surface area contributed by atoms with Crippen molar-refractivity contribution in [1.82, 2.24) is 9.88 Å². The first-order valence-corrected chi connectivity index (χ1v) is 8.38. The van der Waals surface area contributed by atoms with E-state index in [0.29, 0.717) is 11.6 Å². The van der Waals surface area contributed by atoms with Crippen molar-refractivity contribution in [2.75, 3.05) is 13.1 Å². The minimum absolute atomic E-state index is 0.00739. The molecule has 0 bridgehead atoms. The highest BCUT2D eigenvalue weighted by Crippen LogP contribution is 2.18. The fourth-order valence-corrected chi connectivity index (χ4v) is 2.82. The summed E-state index contributed by atoms with van der Waals surface area (Å²) in [7, 11) is 0. The molecule has 2 heterocycles. The van der Waals surface area contributed by atoms with Crippen LogP contribution in [0.3, 0.4) is 0 Å². The number of rotatable bonds is 4. The van der Waals surface area contributed by atoms with Crippen LogP contribution in [0.25, 0.3) is 6.08 Å². The van der Waals surface area contributed by atoms with Gasteiger partial charge in [0.15, 0.2) is 0 Å². The van der Waals surface area contributed by atoms with Crippen molar-refractivity contribution in [2.24, 2.45) is 0 Å². The van der Waals surface area contributed by atoms with Crippen LogP contribution in [0.15, 0.2) is 54.9 Å². The monoisotopic (exact) mass is 342 g/mol. The van der Waals surface area contributed by atoms with Crippen molar-refractivity contribution in [1.29, 1.82) is 0 Å². The minimum atomic E-state index is 0.00739. The summed E-state index contributed by atoms with van der Waals surface area (Å²) in [4.78, 5) is 18.2. The Bertz CT molecular complexity index is 701. The van der Waals surface area contributed by atoms with Gasteiger partial charge in [0.2, 0.25) is 5.91 Å². The third-order valence-electron chi connectivity index (χ3n) is 3.93. The highest BCUT2D eigenvalue weighted by atomic mass is 35.5. The molecule has 0 radical (unpaired) electrons. The van der Waals surface area contributed by atoms with Gasteiger partial charge in [0.05, 0.1) is 6.54 Å². The Kier molecular flexibility index (Phi) is 5.49. The number of hydrogen-bond donors (Lipinski definition) is 0. The number of nitrogens with zero attached hydrogens (tertiary/aromatic N) is 2. The van der Waals surface area contributed by atoms with Crippen LogP contribution in [0.2, 0.25) is 5.02 Å². The summed E-state index contributed by atoms with van der Waals surface area (Å²) in [5, 5.41) is 0.686. The second kappa shape index (κ2) is 7.97. The smallest absolute Gasteiger partial charge is 0.246 e. The standard InChI is InChI=1S/C19H19ClN2O2/c20-16-6-3-15(4-7-16)5-8-19(23)22-13-1-2-18(14-22)24-17-9-11-21-12-10-17/h3-12,18H,1-2,13-14H2/b8-5+/t18-/m0/s1. The van der Waals surface area contributed by atoms with E-state index in [4.69, 9.17) is 16.3 Å². The second-order valence-electron chi connectivity index (χ2n) is 5.73. The zero-order valence-corrected chi connectivity index (χ0v) is 14.0. The molecule has 5 heteroatoms. The molecule has 2 aromatic rings. The minimum Gasteiger partial charge on any atom is -0.488 e. The van der Waals surface area contributed by atoms with Crippen molar-refractivity contribution in [3.8, 4) is 5.75 Å². The van der Waals surface area contributed by atoms with Gasteiger partial charge in [-0.1, -0.05) is 23.7 Å². The van der Waals surface area contributed by atoms with Crippen LogP contribution < -0.4 is 4.74 Å². The molecule has 0 spiro atoms. The summed E-state index contributed by atoms with van der Waals surface area (Å²) in [6, 6.07) is 11.1. The van der Waals surface area contributed by atoms with Gasteiger partial charge in [-0.05, 0) is 48.7 Å². The normalized spacial score (nSPS) is 17.9. The van der Waals surface area contributed by atoms with Gasteiger partial charge in [0, 0.05) is 30.0 Å². The summed E-state index contributed by atoms with van der Waals surface area (Å²) in [5.41, 5.74) is 0.953. The van der Waals surface area contributed by atoms with Gasteiger partial charge in [0.25, 0.3) is 0 Å². The number of carbonyl (C=O) groups excluding carboxylic acids is 1. The number of ether oxygens (including phenoxy) is 1. The molecule has 1 aliphatic heterocycles. The third kappa shape index (κ3) is 4.59. The van der Waals surface area contributed by atoms with E-state index in [1.165, 1.54) is 0 Å². The maximum Gasteiger partial charge on any atom is 0.246 e. The van der Waals surface area contributed by atoms with E-state index in [0.717, 1.165) is 30.7 Å². The third-order valence-corrected chi connectivity index (χ3v) is 4.18. The van der Waals surface area contributed by atoms with Crippen LogP contribution >= 0.6 is 11.6 Å². The zero-order chi connectivity index (χ0) is 16.8. The van der Waals surface area contributed by atoms with Crippen molar-refractivity contribution in [2.45, 2.75) is 18.9 Å². The number of halogens is 1. The van der Waals surface area contributed by atoms with Gasteiger partial charge in [-0.3, -0.25) is 9.78 Å². The molecule has 1 saturated heterocycles. The molecule has 3 rings (SSSR count). The molecule has 1 amide bonds. The first kappa shape index (κ1) is 16.5. The lowest BCUT2D eigenvalue weighted by atomic mass is 10.1. The largest absolute Gasteiger partial charge is 0.488 e. The van der Waals surface area contributed by atoms with Gasteiger partial charge in [-0.2, -0.15) is 0 Å². The van der Waals surface area contributed by atoms with Gasteiger partial charge in [-0.15, -0.1) is 0 Å². The Labute approximate surface area is 146 Å². The Hall–Kier alpha value is -2.33. The van der Waals surface area contributed by atoms with Crippen LogP contribution in [0.1, 0.15) is 18.4 Å². The Morgan fingerprint density at radius 2 is 1.96 bits per heavy atom. The van der Waals surface area contributed by atoms with Gasteiger partial charge >= 0.3 is 0 Å².